The third kappa shape index (κ3) is 4.22. The first-order valence-corrected chi connectivity index (χ1v) is 10.6. The van der Waals surface area contributed by atoms with E-state index in [1.54, 1.807) is 6.92 Å². The van der Waals surface area contributed by atoms with Crippen molar-refractivity contribution < 1.29 is 27.7 Å². The molecule has 28 heavy (non-hydrogen) atoms. The first-order valence-electron chi connectivity index (χ1n) is 8.17. The van der Waals surface area contributed by atoms with Gasteiger partial charge in [-0.2, -0.15) is 13.8 Å². The fraction of sp³-hybridized carbons (Fsp3) is 0.222. The van der Waals surface area contributed by atoms with Gasteiger partial charge in [-0.15, -0.1) is 0 Å². The highest BCUT2D eigenvalue weighted by atomic mass is 79.9. The van der Waals surface area contributed by atoms with Crippen LogP contribution in [0.2, 0.25) is 0 Å². The van der Waals surface area contributed by atoms with Gasteiger partial charge in [-0.3, -0.25) is 4.57 Å². The highest BCUT2D eigenvalue weighted by Crippen LogP contribution is 2.60. The molecule has 1 aromatic heterocycles. The predicted octanol–water partition coefficient (Wildman–Crippen LogP) is 4.74. The molecule has 0 saturated carbocycles. The first kappa shape index (κ1) is 20.8. The van der Waals surface area contributed by atoms with Gasteiger partial charge < -0.3 is 14.3 Å². The summed E-state index contributed by atoms with van der Waals surface area (Å²) in [6, 6.07) is 13.2. The van der Waals surface area contributed by atoms with Gasteiger partial charge in [0.1, 0.15) is 0 Å². The molecule has 3 aromatic rings. The second kappa shape index (κ2) is 7.83. The van der Waals surface area contributed by atoms with Gasteiger partial charge in [-0.1, -0.05) is 63.6 Å². The quantitative estimate of drug-likeness (QED) is 0.502. The normalized spacial score (nSPS) is 13.5. The lowest BCUT2D eigenvalue weighted by Crippen LogP contribution is -2.15. The molecule has 0 radical (unpaired) electrons. The van der Waals surface area contributed by atoms with Crippen molar-refractivity contribution in [2.75, 3.05) is 0 Å². The van der Waals surface area contributed by atoms with Crippen LogP contribution in [-0.2, 0) is 16.6 Å². The van der Waals surface area contributed by atoms with Gasteiger partial charge in [0, 0.05) is 10.0 Å². The molecule has 148 valence electrons. The molecule has 1 heterocycles. The number of hydrogen-bond acceptors (Lipinski definition) is 4. The molecule has 0 bridgehead atoms. The minimum atomic E-state index is -5.65. The van der Waals surface area contributed by atoms with E-state index in [1.807, 2.05) is 30.3 Å². The molecular weight excluding hydrogens is 457 g/mol. The Morgan fingerprint density at radius 3 is 2.43 bits per heavy atom. The summed E-state index contributed by atoms with van der Waals surface area (Å²) < 4.78 is 44.4. The molecular formula is C18H16BrF2N2O4P. The molecule has 2 aromatic carbocycles. The highest BCUT2D eigenvalue weighted by molar-refractivity contribution is 9.10. The number of alkyl halides is 2. The van der Waals surface area contributed by atoms with Crippen LogP contribution in [0.4, 0.5) is 8.78 Å². The number of rotatable bonds is 6. The SMILES string of the molecule is Cc1noc(C(Cc2ccc(C(F)(F)P(=O)(O)O)c(Br)c2)c2ccccc2)n1. The number of aromatic nitrogens is 2. The lowest BCUT2D eigenvalue weighted by atomic mass is 9.91. The number of benzene rings is 2. The van der Waals surface area contributed by atoms with E-state index in [0.29, 0.717) is 23.7 Å². The van der Waals surface area contributed by atoms with E-state index in [-0.39, 0.29) is 10.4 Å². The number of nitrogens with zero attached hydrogens (tertiary/aromatic N) is 2. The van der Waals surface area contributed by atoms with E-state index in [4.69, 9.17) is 14.3 Å². The molecule has 0 fully saturated rings. The first-order chi connectivity index (χ1) is 13.1. The maximum absolute atomic E-state index is 14.0. The summed E-state index contributed by atoms with van der Waals surface area (Å²) in [5.41, 5.74) is -3.49. The van der Waals surface area contributed by atoms with Crippen molar-refractivity contribution in [2.24, 2.45) is 0 Å². The topological polar surface area (TPSA) is 96.5 Å². The Kier molecular flexibility index (Phi) is 5.82. The summed E-state index contributed by atoms with van der Waals surface area (Å²) in [6.07, 6.45) is 0.367. The second-order valence-corrected chi connectivity index (χ2v) is 8.75. The third-order valence-corrected chi connectivity index (χ3v) is 5.84. The standard InChI is InChI=1S/C18H16BrF2N2O4P/c1-11-22-17(27-23-11)14(13-5-3-2-4-6-13)9-12-7-8-15(16(19)10-12)18(20,21)28(24,25)26/h2-8,10,14H,9H2,1H3,(H2,24,25,26). The average Bonchev–Trinajstić information content (AvgIpc) is 3.05. The Bertz CT molecular complexity index is 1020. The Morgan fingerprint density at radius 1 is 1.21 bits per heavy atom. The Morgan fingerprint density at radius 2 is 1.89 bits per heavy atom. The molecule has 0 aliphatic carbocycles. The third-order valence-electron chi connectivity index (χ3n) is 4.21. The second-order valence-electron chi connectivity index (χ2n) is 6.25. The summed E-state index contributed by atoms with van der Waals surface area (Å²) in [7, 11) is -5.65. The molecule has 3 rings (SSSR count). The minimum Gasteiger partial charge on any atom is -0.339 e. The summed E-state index contributed by atoms with van der Waals surface area (Å²) >= 11 is 3.01. The monoisotopic (exact) mass is 472 g/mol. The zero-order chi connectivity index (χ0) is 20.5. The molecule has 0 saturated heterocycles. The van der Waals surface area contributed by atoms with Crippen molar-refractivity contribution in [2.45, 2.75) is 24.9 Å². The number of aryl methyl sites for hydroxylation is 1. The van der Waals surface area contributed by atoms with Gasteiger partial charge in [0.05, 0.1) is 5.92 Å². The summed E-state index contributed by atoms with van der Waals surface area (Å²) in [5, 5.41) is 3.81. The summed E-state index contributed by atoms with van der Waals surface area (Å²) in [5.74, 6) is 0.570. The van der Waals surface area contributed by atoms with E-state index in [0.717, 1.165) is 11.6 Å². The minimum absolute atomic E-state index is 0.0909. The molecule has 0 aliphatic rings. The summed E-state index contributed by atoms with van der Waals surface area (Å²) in [4.78, 5) is 22.2. The molecule has 0 spiro atoms. The number of halogens is 3. The molecule has 6 nitrogen and oxygen atoms in total. The van der Waals surface area contributed by atoms with Crippen molar-refractivity contribution in [1.82, 2.24) is 10.1 Å². The molecule has 10 heteroatoms. The largest absolute Gasteiger partial charge is 0.399 e. The van der Waals surface area contributed by atoms with Crippen LogP contribution < -0.4 is 0 Å². The fourth-order valence-electron chi connectivity index (χ4n) is 2.81. The molecule has 1 unspecified atom stereocenters. The maximum atomic E-state index is 14.0. The van der Waals surface area contributed by atoms with Crippen LogP contribution in [0.15, 0.2) is 57.5 Å². The van der Waals surface area contributed by atoms with E-state index in [9.17, 15) is 13.3 Å². The predicted molar refractivity (Wildman–Crippen MR) is 101 cm³/mol. The van der Waals surface area contributed by atoms with Gasteiger partial charge in [-0.05, 0) is 30.5 Å². The van der Waals surface area contributed by atoms with Gasteiger partial charge >= 0.3 is 13.3 Å². The molecule has 1 atom stereocenters. The maximum Gasteiger partial charge on any atom is 0.399 e. The molecule has 0 aliphatic heterocycles. The Labute approximate surface area is 167 Å². The number of hydrogen-bond donors (Lipinski definition) is 2. The Hall–Kier alpha value is -1.93. The van der Waals surface area contributed by atoms with Crippen molar-refractivity contribution in [3.05, 3.63) is 81.4 Å². The van der Waals surface area contributed by atoms with Crippen LogP contribution in [0.1, 0.15) is 34.3 Å². The highest BCUT2D eigenvalue weighted by Gasteiger charge is 2.51. The van der Waals surface area contributed by atoms with Crippen LogP contribution in [0.25, 0.3) is 0 Å². The average molecular weight is 473 g/mol. The van der Waals surface area contributed by atoms with E-state index in [2.05, 4.69) is 26.1 Å². The Balaban J connectivity index is 1.96. The van der Waals surface area contributed by atoms with E-state index >= 15 is 0 Å². The van der Waals surface area contributed by atoms with Crippen LogP contribution in [0.3, 0.4) is 0 Å². The fourth-order valence-corrected chi connectivity index (χ4v) is 4.15. The van der Waals surface area contributed by atoms with Gasteiger partial charge in [0.15, 0.2) is 5.82 Å². The zero-order valence-corrected chi connectivity index (χ0v) is 17.1. The zero-order valence-electron chi connectivity index (χ0n) is 14.6. The van der Waals surface area contributed by atoms with Gasteiger partial charge in [0.2, 0.25) is 5.89 Å². The van der Waals surface area contributed by atoms with Crippen molar-refractivity contribution >= 4 is 23.5 Å². The lowest BCUT2D eigenvalue weighted by Gasteiger charge is -2.20. The van der Waals surface area contributed by atoms with Crippen LogP contribution in [0.5, 0.6) is 0 Å². The van der Waals surface area contributed by atoms with E-state index in [1.165, 1.54) is 12.1 Å². The molecule has 0 amide bonds. The van der Waals surface area contributed by atoms with Crippen LogP contribution in [-0.4, -0.2) is 19.9 Å². The van der Waals surface area contributed by atoms with Crippen molar-refractivity contribution in [1.29, 1.82) is 0 Å². The smallest absolute Gasteiger partial charge is 0.339 e. The van der Waals surface area contributed by atoms with Crippen molar-refractivity contribution in [3.63, 3.8) is 0 Å². The lowest BCUT2D eigenvalue weighted by molar-refractivity contribution is 0.0557. The van der Waals surface area contributed by atoms with Gasteiger partial charge in [-0.25, -0.2) is 0 Å². The van der Waals surface area contributed by atoms with Gasteiger partial charge in [0.25, 0.3) is 0 Å². The summed E-state index contributed by atoms with van der Waals surface area (Å²) in [6.45, 7) is 1.70. The van der Waals surface area contributed by atoms with Crippen LogP contribution in [0, 0.1) is 6.92 Å². The van der Waals surface area contributed by atoms with Crippen LogP contribution >= 0.6 is 23.5 Å². The van der Waals surface area contributed by atoms with Crippen molar-refractivity contribution in [3.8, 4) is 0 Å². The molecule has 2 N–H and O–H groups in total. The van der Waals surface area contributed by atoms with E-state index < -0.39 is 18.8 Å².